The van der Waals surface area contributed by atoms with Gasteiger partial charge in [-0.1, -0.05) is 75.9 Å². The second-order valence-electron chi connectivity index (χ2n) is 7.01. The Balaban J connectivity index is 1.86. The van der Waals surface area contributed by atoms with Gasteiger partial charge in [0.15, 0.2) is 0 Å². The molecule has 0 amide bonds. The summed E-state index contributed by atoms with van der Waals surface area (Å²) in [7, 11) is 0. The highest BCUT2D eigenvalue weighted by atomic mass is 14.2. The minimum atomic E-state index is 0.675. The van der Waals surface area contributed by atoms with E-state index in [0.29, 0.717) is 5.92 Å². The van der Waals surface area contributed by atoms with E-state index in [9.17, 15) is 0 Å². The zero-order valence-corrected chi connectivity index (χ0v) is 13.5. The standard InChI is InChI=1S/C20H30/c1-15(2)19-6-5-7-20(14-19)17(4)10-13-18-11-8-16(3)9-12-18/h5-7,14,16-18H,1,8-13H2,2-4H3/t16?,17-,18?/m1/s1. The Morgan fingerprint density at radius 3 is 2.60 bits per heavy atom. The van der Waals surface area contributed by atoms with E-state index < -0.39 is 0 Å². The molecule has 1 fully saturated rings. The summed E-state index contributed by atoms with van der Waals surface area (Å²) in [5.74, 6) is 2.63. The van der Waals surface area contributed by atoms with Crippen LogP contribution in [0.5, 0.6) is 0 Å². The summed E-state index contributed by atoms with van der Waals surface area (Å²) in [6.45, 7) is 10.9. The van der Waals surface area contributed by atoms with Crippen molar-refractivity contribution < 1.29 is 0 Å². The van der Waals surface area contributed by atoms with Crippen LogP contribution in [-0.4, -0.2) is 0 Å². The maximum absolute atomic E-state index is 4.05. The summed E-state index contributed by atoms with van der Waals surface area (Å²) in [4.78, 5) is 0. The van der Waals surface area contributed by atoms with Crippen LogP contribution in [0.1, 0.15) is 76.3 Å². The monoisotopic (exact) mass is 270 g/mol. The van der Waals surface area contributed by atoms with E-state index in [1.165, 1.54) is 55.2 Å². The molecule has 1 aliphatic rings. The molecule has 0 aliphatic heterocycles. The Kier molecular flexibility index (Phi) is 5.46. The highest BCUT2D eigenvalue weighted by Crippen LogP contribution is 2.33. The molecule has 20 heavy (non-hydrogen) atoms. The summed E-state index contributed by atoms with van der Waals surface area (Å²) < 4.78 is 0. The number of hydrogen-bond donors (Lipinski definition) is 0. The molecule has 0 nitrogen and oxygen atoms in total. The third-order valence-electron chi connectivity index (χ3n) is 5.09. The molecule has 1 aromatic rings. The molecule has 0 saturated heterocycles. The highest BCUT2D eigenvalue weighted by molar-refractivity contribution is 5.61. The topological polar surface area (TPSA) is 0 Å². The molecule has 0 N–H and O–H groups in total. The van der Waals surface area contributed by atoms with Crippen LogP contribution in [0.15, 0.2) is 30.8 Å². The molecule has 1 aromatic carbocycles. The minimum Gasteiger partial charge on any atom is -0.0955 e. The van der Waals surface area contributed by atoms with E-state index >= 15 is 0 Å². The first-order chi connectivity index (χ1) is 9.56. The van der Waals surface area contributed by atoms with Gasteiger partial charge in [0.25, 0.3) is 0 Å². The van der Waals surface area contributed by atoms with E-state index in [1.807, 2.05) is 0 Å². The fourth-order valence-corrected chi connectivity index (χ4v) is 3.38. The van der Waals surface area contributed by atoms with Crippen LogP contribution in [0, 0.1) is 11.8 Å². The van der Waals surface area contributed by atoms with Gasteiger partial charge in [0.2, 0.25) is 0 Å². The molecule has 2 rings (SSSR count). The number of benzene rings is 1. The van der Waals surface area contributed by atoms with Crippen LogP contribution in [0.3, 0.4) is 0 Å². The predicted octanol–water partition coefficient (Wildman–Crippen LogP) is 6.43. The lowest BCUT2D eigenvalue weighted by atomic mass is 9.79. The quantitative estimate of drug-likeness (QED) is 0.578. The van der Waals surface area contributed by atoms with E-state index in [1.54, 1.807) is 0 Å². The molecule has 1 aliphatic carbocycles. The smallest absolute Gasteiger partial charge is 0.0190 e. The van der Waals surface area contributed by atoms with Crippen LogP contribution < -0.4 is 0 Å². The molecule has 0 unspecified atom stereocenters. The van der Waals surface area contributed by atoms with Gasteiger partial charge in [0.05, 0.1) is 0 Å². The first-order valence-corrected chi connectivity index (χ1v) is 8.32. The van der Waals surface area contributed by atoms with Gasteiger partial charge < -0.3 is 0 Å². The van der Waals surface area contributed by atoms with Crippen molar-refractivity contribution in [1.82, 2.24) is 0 Å². The van der Waals surface area contributed by atoms with E-state index in [2.05, 4.69) is 51.6 Å². The fourth-order valence-electron chi connectivity index (χ4n) is 3.38. The van der Waals surface area contributed by atoms with E-state index in [4.69, 9.17) is 0 Å². The largest absolute Gasteiger partial charge is 0.0955 e. The SMILES string of the molecule is C=C(C)c1cccc([C@H](C)CCC2CCC(C)CC2)c1. The second kappa shape index (κ2) is 7.11. The summed E-state index contributed by atoms with van der Waals surface area (Å²) in [5, 5.41) is 0. The van der Waals surface area contributed by atoms with Crippen LogP contribution in [-0.2, 0) is 0 Å². The summed E-state index contributed by atoms with van der Waals surface area (Å²) in [6.07, 6.45) is 8.55. The average molecular weight is 270 g/mol. The Hall–Kier alpha value is -1.04. The van der Waals surface area contributed by atoms with Gasteiger partial charge in [0.1, 0.15) is 0 Å². The van der Waals surface area contributed by atoms with Gasteiger partial charge in [-0.2, -0.15) is 0 Å². The average Bonchev–Trinajstić information content (AvgIpc) is 2.46. The number of hydrogen-bond acceptors (Lipinski definition) is 0. The van der Waals surface area contributed by atoms with Crippen molar-refractivity contribution >= 4 is 5.57 Å². The molecular formula is C20H30. The normalized spacial score (nSPS) is 24.4. The van der Waals surface area contributed by atoms with Crippen molar-refractivity contribution in [2.75, 3.05) is 0 Å². The lowest BCUT2D eigenvalue weighted by molar-refractivity contribution is 0.270. The highest BCUT2D eigenvalue weighted by Gasteiger charge is 2.19. The fraction of sp³-hybridized carbons (Fsp3) is 0.600. The van der Waals surface area contributed by atoms with Gasteiger partial charge in [-0.05, 0) is 48.6 Å². The second-order valence-corrected chi connectivity index (χ2v) is 7.01. The van der Waals surface area contributed by atoms with Crippen LogP contribution >= 0.6 is 0 Å². The molecule has 110 valence electrons. The zero-order chi connectivity index (χ0) is 14.5. The van der Waals surface area contributed by atoms with Gasteiger partial charge in [-0.15, -0.1) is 0 Å². The van der Waals surface area contributed by atoms with Crippen LogP contribution in [0.25, 0.3) is 5.57 Å². The molecule has 1 atom stereocenters. The molecule has 0 aromatic heterocycles. The predicted molar refractivity (Wildman–Crippen MR) is 89.9 cm³/mol. The third kappa shape index (κ3) is 4.23. The Bertz CT molecular complexity index is 435. The summed E-state index contributed by atoms with van der Waals surface area (Å²) in [5.41, 5.74) is 3.94. The van der Waals surface area contributed by atoms with E-state index in [0.717, 1.165) is 11.8 Å². The van der Waals surface area contributed by atoms with Crippen LogP contribution in [0.2, 0.25) is 0 Å². The van der Waals surface area contributed by atoms with E-state index in [-0.39, 0.29) is 0 Å². The lowest BCUT2D eigenvalue weighted by Gasteiger charge is -2.27. The number of allylic oxidation sites excluding steroid dienone is 1. The van der Waals surface area contributed by atoms with Crippen molar-refractivity contribution in [3.05, 3.63) is 42.0 Å². The maximum atomic E-state index is 4.05. The molecule has 0 bridgehead atoms. The Labute approximate surface area is 125 Å². The van der Waals surface area contributed by atoms with Gasteiger partial charge >= 0.3 is 0 Å². The summed E-state index contributed by atoms with van der Waals surface area (Å²) >= 11 is 0. The van der Waals surface area contributed by atoms with Crippen molar-refractivity contribution in [1.29, 1.82) is 0 Å². The number of rotatable bonds is 5. The minimum absolute atomic E-state index is 0.675. The Morgan fingerprint density at radius 2 is 1.95 bits per heavy atom. The molecule has 1 saturated carbocycles. The first kappa shape index (κ1) is 15.4. The summed E-state index contributed by atoms with van der Waals surface area (Å²) in [6, 6.07) is 8.95. The van der Waals surface area contributed by atoms with Crippen molar-refractivity contribution in [2.45, 2.75) is 65.2 Å². The molecule has 0 heterocycles. The first-order valence-electron chi connectivity index (χ1n) is 8.32. The van der Waals surface area contributed by atoms with Crippen molar-refractivity contribution in [3.63, 3.8) is 0 Å². The van der Waals surface area contributed by atoms with Gasteiger partial charge in [0, 0.05) is 0 Å². The van der Waals surface area contributed by atoms with Crippen LogP contribution in [0.4, 0.5) is 0 Å². The van der Waals surface area contributed by atoms with Crippen molar-refractivity contribution in [2.24, 2.45) is 11.8 Å². The molecule has 0 spiro atoms. The lowest BCUT2D eigenvalue weighted by Crippen LogP contribution is -2.13. The van der Waals surface area contributed by atoms with Crippen molar-refractivity contribution in [3.8, 4) is 0 Å². The third-order valence-corrected chi connectivity index (χ3v) is 5.09. The zero-order valence-electron chi connectivity index (χ0n) is 13.5. The molecule has 0 heteroatoms. The maximum Gasteiger partial charge on any atom is -0.0190 e. The van der Waals surface area contributed by atoms with Gasteiger partial charge in [-0.25, -0.2) is 0 Å². The molecule has 0 radical (unpaired) electrons. The molecular weight excluding hydrogens is 240 g/mol. The Morgan fingerprint density at radius 1 is 1.25 bits per heavy atom. The van der Waals surface area contributed by atoms with Gasteiger partial charge in [-0.3, -0.25) is 0 Å².